The molecule has 1 aliphatic rings. The highest BCUT2D eigenvalue weighted by molar-refractivity contribution is 5.39. The summed E-state index contributed by atoms with van der Waals surface area (Å²) in [4.78, 5) is 3.34. The number of pyridine rings is 1. The summed E-state index contributed by atoms with van der Waals surface area (Å²) in [5.74, 6) is -0.256. The van der Waals surface area contributed by atoms with Gasteiger partial charge in [0.05, 0.1) is 0 Å². The van der Waals surface area contributed by atoms with Gasteiger partial charge >= 0.3 is 6.18 Å². The zero-order valence-electron chi connectivity index (χ0n) is 8.58. The topological polar surface area (TPSA) is 57.9 Å². The fraction of sp³-hybridized carbons (Fsp3) is 0.400. The summed E-state index contributed by atoms with van der Waals surface area (Å²) in [5.41, 5.74) is -1.05. The van der Waals surface area contributed by atoms with E-state index in [0.717, 1.165) is 12.1 Å². The van der Waals surface area contributed by atoms with Crippen LogP contribution in [-0.2, 0) is 6.18 Å². The zero-order chi connectivity index (χ0) is 12.5. The van der Waals surface area contributed by atoms with Gasteiger partial charge in [0.15, 0.2) is 0 Å². The van der Waals surface area contributed by atoms with Crippen LogP contribution < -0.4 is 10.1 Å². The Morgan fingerprint density at radius 2 is 2.12 bits per heavy atom. The molecule has 0 radical (unpaired) electrons. The maximum Gasteiger partial charge on any atom is 0.433 e. The van der Waals surface area contributed by atoms with Crippen LogP contribution in [0.2, 0.25) is 0 Å². The largest absolute Gasteiger partial charge is 0.471 e. The summed E-state index contributed by atoms with van der Waals surface area (Å²) >= 11 is 0. The first kappa shape index (κ1) is 11.7. The molecule has 7 heteroatoms. The summed E-state index contributed by atoms with van der Waals surface area (Å²) < 4.78 is 42.5. The van der Waals surface area contributed by atoms with Crippen LogP contribution in [0.5, 0.6) is 5.88 Å². The van der Waals surface area contributed by atoms with Gasteiger partial charge in [0.1, 0.15) is 23.4 Å². The molecule has 2 heterocycles. The minimum atomic E-state index is -4.54. The molecule has 0 bridgehead atoms. The Balaban J connectivity index is 2.29. The second kappa shape index (κ2) is 4.22. The number of aromatic nitrogens is 1. The lowest BCUT2D eigenvalue weighted by molar-refractivity contribution is -0.141. The van der Waals surface area contributed by atoms with Crippen LogP contribution in [0, 0.1) is 11.3 Å². The van der Waals surface area contributed by atoms with Gasteiger partial charge in [-0.3, -0.25) is 0 Å². The van der Waals surface area contributed by atoms with Crippen LogP contribution >= 0.6 is 0 Å². The molecule has 0 unspecified atom stereocenters. The standard InChI is InChI=1S/C10H8F3N3O/c11-10(12,13)8-2-1-6(3-14)9(16-8)17-7-4-15-5-7/h1-2,7,15H,4-5H2. The molecular weight excluding hydrogens is 235 g/mol. The molecule has 0 saturated carbocycles. The lowest BCUT2D eigenvalue weighted by Gasteiger charge is -2.27. The first-order valence-electron chi connectivity index (χ1n) is 4.86. The Hall–Kier alpha value is -1.81. The third-order valence-corrected chi connectivity index (χ3v) is 2.29. The molecule has 1 fully saturated rings. The third kappa shape index (κ3) is 2.47. The van der Waals surface area contributed by atoms with Crippen molar-refractivity contribution in [2.75, 3.05) is 13.1 Å². The van der Waals surface area contributed by atoms with E-state index >= 15 is 0 Å². The lowest BCUT2D eigenvalue weighted by atomic mass is 10.2. The first-order chi connectivity index (χ1) is 8.00. The first-order valence-corrected chi connectivity index (χ1v) is 4.86. The van der Waals surface area contributed by atoms with Gasteiger partial charge in [-0.25, -0.2) is 4.98 Å². The summed E-state index contributed by atoms with van der Waals surface area (Å²) in [6, 6.07) is 3.59. The molecule has 2 rings (SSSR count). The average Bonchev–Trinajstić information content (AvgIpc) is 2.22. The Kier molecular flexibility index (Phi) is 2.90. The van der Waals surface area contributed by atoms with Crippen molar-refractivity contribution in [3.63, 3.8) is 0 Å². The second-order valence-corrected chi connectivity index (χ2v) is 3.56. The molecule has 1 aliphatic heterocycles. The number of nitrogens with zero attached hydrogens (tertiary/aromatic N) is 2. The molecular formula is C10H8F3N3O. The number of alkyl halides is 3. The Morgan fingerprint density at radius 1 is 1.41 bits per heavy atom. The van der Waals surface area contributed by atoms with Crippen LogP contribution in [0.25, 0.3) is 0 Å². The SMILES string of the molecule is N#Cc1ccc(C(F)(F)F)nc1OC1CNC1. The number of hydrogen-bond donors (Lipinski definition) is 1. The molecule has 90 valence electrons. The monoisotopic (exact) mass is 243 g/mol. The molecule has 1 saturated heterocycles. The van der Waals surface area contributed by atoms with Gasteiger partial charge in [-0.2, -0.15) is 18.4 Å². The molecule has 0 aliphatic carbocycles. The Labute approximate surface area is 95.0 Å². The highest BCUT2D eigenvalue weighted by Crippen LogP contribution is 2.30. The van der Waals surface area contributed by atoms with Crippen LogP contribution in [0.4, 0.5) is 13.2 Å². The number of nitrogens with one attached hydrogen (secondary N) is 1. The molecule has 0 atom stereocenters. The predicted molar refractivity (Wildman–Crippen MR) is 51.2 cm³/mol. The molecule has 4 nitrogen and oxygen atoms in total. The van der Waals surface area contributed by atoms with Gasteiger partial charge in [0.2, 0.25) is 5.88 Å². The lowest BCUT2D eigenvalue weighted by Crippen LogP contribution is -2.50. The van der Waals surface area contributed by atoms with Crippen molar-refractivity contribution in [3.05, 3.63) is 23.4 Å². The summed E-state index contributed by atoms with van der Waals surface area (Å²) in [7, 11) is 0. The maximum atomic E-state index is 12.4. The number of nitriles is 1. The van der Waals surface area contributed by atoms with Crippen molar-refractivity contribution in [3.8, 4) is 11.9 Å². The maximum absolute atomic E-state index is 12.4. The van der Waals surface area contributed by atoms with Gasteiger partial charge in [0.25, 0.3) is 0 Å². The van der Waals surface area contributed by atoms with Crippen LogP contribution in [0.1, 0.15) is 11.3 Å². The van der Waals surface area contributed by atoms with E-state index in [9.17, 15) is 13.2 Å². The van der Waals surface area contributed by atoms with E-state index in [1.54, 1.807) is 6.07 Å². The summed E-state index contributed by atoms with van der Waals surface area (Å²) in [6.07, 6.45) is -4.76. The Bertz CT molecular complexity index is 463. The minimum absolute atomic E-state index is 0.00454. The van der Waals surface area contributed by atoms with E-state index in [1.807, 2.05) is 0 Å². The highest BCUT2D eigenvalue weighted by Gasteiger charge is 2.34. The molecule has 0 spiro atoms. The van der Waals surface area contributed by atoms with Crippen molar-refractivity contribution in [1.29, 1.82) is 5.26 Å². The minimum Gasteiger partial charge on any atom is -0.471 e. The van der Waals surface area contributed by atoms with Crippen LogP contribution in [0.15, 0.2) is 12.1 Å². The number of ether oxygens (including phenoxy) is 1. The van der Waals surface area contributed by atoms with Crippen molar-refractivity contribution in [2.24, 2.45) is 0 Å². The number of hydrogen-bond acceptors (Lipinski definition) is 4. The van der Waals surface area contributed by atoms with Gasteiger partial charge in [-0.15, -0.1) is 0 Å². The summed E-state index contributed by atoms with van der Waals surface area (Å²) in [5, 5.41) is 11.7. The van der Waals surface area contributed by atoms with Crippen molar-refractivity contribution < 1.29 is 17.9 Å². The zero-order valence-corrected chi connectivity index (χ0v) is 8.58. The van der Waals surface area contributed by atoms with E-state index in [0.29, 0.717) is 13.1 Å². The smallest absolute Gasteiger partial charge is 0.433 e. The molecule has 1 aromatic heterocycles. The van der Waals surface area contributed by atoms with Crippen LogP contribution in [-0.4, -0.2) is 24.2 Å². The quantitative estimate of drug-likeness (QED) is 0.851. The fourth-order valence-electron chi connectivity index (χ4n) is 1.28. The van der Waals surface area contributed by atoms with E-state index < -0.39 is 11.9 Å². The van der Waals surface area contributed by atoms with Gasteiger partial charge in [-0.1, -0.05) is 0 Å². The highest BCUT2D eigenvalue weighted by atomic mass is 19.4. The molecule has 0 amide bonds. The number of halogens is 3. The van der Waals surface area contributed by atoms with Gasteiger partial charge < -0.3 is 10.1 Å². The average molecular weight is 243 g/mol. The normalized spacial score (nSPS) is 16.1. The van der Waals surface area contributed by atoms with E-state index in [1.165, 1.54) is 0 Å². The van der Waals surface area contributed by atoms with Crippen molar-refractivity contribution in [1.82, 2.24) is 10.3 Å². The Morgan fingerprint density at radius 3 is 2.59 bits per heavy atom. The van der Waals surface area contributed by atoms with E-state index in [4.69, 9.17) is 10.00 Å². The molecule has 17 heavy (non-hydrogen) atoms. The van der Waals surface area contributed by atoms with Crippen molar-refractivity contribution >= 4 is 0 Å². The fourth-order valence-corrected chi connectivity index (χ4v) is 1.28. The van der Waals surface area contributed by atoms with Crippen LogP contribution in [0.3, 0.4) is 0 Å². The van der Waals surface area contributed by atoms with Gasteiger partial charge in [0, 0.05) is 13.1 Å². The van der Waals surface area contributed by atoms with E-state index in [2.05, 4.69) is 10.3 Å². The van der Waals surface area contributed by atoms with Crippen molar-refractivity contribution in [2.45, 2.75) is 12.3 Å². The van der Waals surface area contributed by atoms with E-state index in [-0.39, 0.29) is 17.5 Å². The molecule has 1 aromatic rings. The second-order valence-electron chi connectivity index (χ2n) is 3.56. The molecule has 0 aromatic carbocycles. The summed E-state index contributed by atoms with van der Waals surface area (Å²) in [6.45, 7) is 1.09. The third-order valence-electron chi connectivity index (χ3n) is 2.29. The number of rotatable bonds is 2. The van der Waals surface area contributed by atoms with Gasteiger partial charge in [-0.05, 0) is 12.1 Å². The molecule has 1 N–H and O–H groups in total. The predicted octanol–water partition coefficient (Wildman–Crippen LogP) is 1.32.